The number of rotatable bonds is 1. The molecule has 1 rings (SSSR count). The van der Waals surface area contributed by atoms with Gasteiger partial charge in [0.05, 0.1) is 0 Å². The topological polar surface area (TPSA) is 12.4 Å². The average Bonchev–Trinajstić information content (AvgIpc) is 2.01. The summed E-state index contributed by atoms with van der Waals surface area (Å²) in [4.78, 5) is 4.04. The molecule has 0 bridgehead atoms. The maximum Gasteiger partial charge on any atom is 0.0427 e. The minimum absolute atomic E-state index is 0.639. The lowest BCUT2D eigenvalue weighted by molar-refractivity contribution is 1.41. The van der Waals surface area contributed by atoms with Crippen LogP contribution in [-0.2, 0) is 0 Å². The SMILES string of the molecule is CN=C(C)c1cc(Cl)cc(Cl)c1. The molecular formula is C9H9Cl2N. The number of halogens is 2. The summed E-state index contributed by atoms with van der Waals surface area (Å²) < 4.78 is 0. The molecule has 0 saturated carbocycles. The van der Waals surface area contributed by atoms with Gasteiger partial charge >= 0.3 is 0 Å². The van der Waals surface area contributed by atoms with Gasteiger partial charge in [-0.05, 0) is 30.7 Å². The first-order valence-corrected chi connectivity index (χ1v) is 4.29. The monoisotopic (exact) mass is 201 g/mol. The van der Waals surface area contributed by atoms with Gasteiger partial charge in [0, 0.05) is 22.8 Å². The van der Waals surface area contributed by atoms with Gasteiger partial charge in [-0.1, -0.05) is 23.2 Å². The fraction of sp³-hybridized carbons (Fsp3) is 0.222. The molecule has 0 saturated heterocycles. The molecule has 1 aromatic rings. The molecule has 0 spiro atoms. The number of hydrogen-bond acceptors (Lipinski definition) is 1. The molecule has 0 aliphatic carbocycles. The van der Waals surface area contributed by atoms with Gasteiger partial charge < -0.3 is 0 Å². The highest BCUT2D eigenvalue weighted by Gasteiger charge is 1.99. The molecule has 3 heteroatoms. The van der Waals surface area contributed by atoms with E-state index in [0.717, 1.165) is 11.3 Å². The van der Waals surface area contributed by atoms with E-state index in [2.05, 4.69) is 4.99 Å². The highest BCUT2D eigenvalue weighted by molar-refractivity contribution is 6.35. The van der Waals surface area contributed by atoms with Crippen molar-refractivity contribution in [3.63, 3.8) is 0 Å². The molecule has 0 heterocycles. The van der Waals surface area contributed by atoms with Gasteiger partial charge in [0.2, 0.25) is 0 Å². The van der Waals surface area contributed by atoms with Gasteiger partial charge in [0.15, 0.2) is 0 Å². The number of nitrogens with zero attached hydrogens (tertiary/aromatic N) is 1. The Bertz CT molecular complexity index is 298. The van der Waals surface area contributed by atoms with Gasteiger partial charge in [0.25, 0.3) is 0 Å². The van der Waals surface area contributed by atoms with E-state index in [1.165, 1.54) is 0 Å². The van der Waals surface area contributed by atoms with Crippen LogP contribution in [0.15, 0.2) is 23.2 Å². The van der Waals surface area contributed by atoms with Crippen LogP contribution < -0.4 is 0 Å². The lowest BCUT2D eigenvalue weighted by Crippen LogP contribution is -1.93. The van der Waals surface area contributed by atoms with Gasteiger partial charge in [-0.2, -0.15) is 0 Å². The van der Waals surface area contributed by atoms with E-state index in [1.54, 1.807) is 13.1 Å². The molecular weight excluding hydrogens is 193 g/mol. The first-order valence-electron chi connectivity index (χ1n) is 3.53. The molecule has 0 aromatic heterocycles. The summed E-state index contributed by atoms with van der Waals surface area (Å²) in [6.45, 7) is 1.92. The summed E-state index contributed by atoms with van der Waals surface area (Å²) >= 11 is 11.6. The van der Waals surface area contributed by atoms with Crippen LogP contribution in [0.5, 0.6) is 0 Å². The van der Waals surface area contributed by atoms with E-state index in [1.807, 2.05) is 19.1 Å². The molecule has 0 fully saturated rings. The summed E-state index contributed by atoms with van der Waals surface area (Å²) in [5.41, 5.74) is 1.90. The van der Waals surface area contributed by atoms with Crippen LogP contribution in [0.2, 0.25) is 10.0 Å². The zero-order valence-corrected chi connectivity index (χ0v) is 8.45. The van der Waals surface area contributed by atoms with Crippen molar-refractivity contribution in [1.29, 1.82) is 0 Å². The molecule has 12 heavy (non-hydrogen) atoms. The Hall–Kier alpha value is -0.530. The molecule has 64 valence electrons. The van der Waals surface area contributed by atoms with Crippen molar-refractivity contribution in [2.45, 2.75) is 6.92 Å². The minimum atomic E-state index is 0.639. The van der Waals surface area contributed by atoms with Crippen LogP contribution in [0, 0.1) is 0 Å². The highest BCUT2D eigenvalue weighted by Crippen LogP contribution is 2.19. The van der Waals surface area contributed by atoms with Crippen LogP contribution >= 0.6 is 23.2 Å². The summed E-state index contributed by atoms with van der Waals surface area (Å²) in [5.74, 6) is 0. The van der Waals surface area contributed by atoms with Gasteiger partial charge in [-0.15, -0.1) is 0 Å². The largest absolute Gasteiger partial charge is 0.293 e. The second-order valence-corrected chi connectivity index (χ2v) is 3.34. The Morgan fingerprint density at radius 3 is 2.08 bits per heavy atom. The Kier molecular flexibility index (Phi) is 3.12. The van der Waals surface area contributed by atoms with Crippen molar-refractivity contribution in [1.82, 2.24) is 0 Å². The first-order chi connectivity index (χ1) is 5.63. The van der Waals surface area contributed by atoms with E-state index < -0.39 is 0 Å². The van der Waals surface area contributed by atoms with E-state index >= 15 is 0 Å². The number of hydrogen-bond donors (Lipinski definition) is 0. The van der Waals surface area contributed by atoms with Gasteiger partial charge in [-0.3, -0.25) is 4.99 Å². The van der Waals surface area contributed by atoms with Crippen LogP contribution in [0.1, 0.15) is 12.5 Å². The molecule has 0 unspecified atom stereocenters. The second kappa shape index (κ2) is 3.92. The minimum Gasteiger partial charge on any atom is -0.293 e. The van der Waals surface area contributed by atoms with E-state index in [-0.39, 0.29) is 0 Å². The van der Waals surface area contributed by atoms with Gasteiger partial charge in [0.1, 0.15) is 0 Å². The molecule has 0 amide bonds. The average molecular weight is 202 g/mol. The lowest BCUT2D eigenvalue weighted by atomic mass is 10.1. The van der Waals surface area contributed by atoms with Crippen LogP contribution in [0.3, 0.4) is 0 Å². The Balaban J connectivity index is 3.17. The smallest absolute Gasteiger partial charge is 0.0427 e. The molecule has 0 atom stereocenters. The fourth-order valence-corrected chi connectivity index (χ4v) is 1.42. The van der Waals surface area contributed by atoms with E-state index in [0.29, 0.717) is 10.0 Å². The summed E-state index contributed by atoms with van der Waals surface area (Å²) in [6.07, 6.45) is 0. The van der Waals surface area contributed by atoms with Gasteiger partial charge in [-0.25, -0.2) is 0 Å². The third-order valence-corrected chi connectivity index (χ3v) is 2.05. The molecule has 0 radical (unpaired) electrons. The highest BCUT2D eigenvalue weighted by atomic mass is 35.5. The predicted octanol–water partition coefficient (Wildman–Crippen LogP) is 3.43. The van der Waals surface area contributed by atoms with Crippen molar-refractivity contribution in [2.24, 2.45) is 4.99 Å². The normalized spacial score (nSPS) is 11.8. The van der Waals surface area contributed by atoms with Crippen LogP contribution in [-0.4, -0.2) is 12.8 Å². The maximum atomic E-state index is 5.81. The van der Waals surface area contributed by atoms with Crippen molar-refractivity contribution in [3.8, 4) is 0 Å². The molecule has 0 N–H and O–H groups in total. The number of aliphatic imine (C=N–C) groups is 1. The first kappa shape index (κ1) is 9.56. The lowest BCUT2D eigenvalue weighted by Gasteiger charge is -2.00. The summed E-state index contributed by atoms with van der Waals surface area (Å²) in [7, 11) is 1.74. The molecule has 1 nitrogen and oxygen atoms in total. The summed E-state index contributed by atoms with van der Waals surface area (Å²) in [6, 6.07) is 5.39. The second-order valence-electron chi connectivity index (χ2n) is 2.47. The van der Waals surface area contributed by atoms with Crippen molar-refractivity contribution < 1.29 is 0 Å². The Morgan fingerprint density at radius 2 is 1.67 bits per heavy atom. The quantitative estimate of drug-likeness (QED) is 0.618. The Morgan fingerprint density at radius 1 is 1.17 bits per heavy atom. The van der Waals surface area contributed by atoms with E-state index in [9.17, 15) is 0 Å². The zero-order chi connectivity index (χ0) is 9.14. The van der Waals surface area contributed by atoms with E-state index in [4.69, 9.17) is 23.2 Å². The summed E-state index contributed by atoms with van der Waals surface area (Å²) in [5, 5.41) is 1.28. The fourth-order valence-electron chi connectivity index (χ4n) is 0.892. The van der Waals surface area contributed by atoms with Crippen molar-refractivity contribution in [3.05, 3.63) is 33.8 Å². The number of benzene rings is 1. The van der Waals surface area contributed by atoms with Crippen LogP contribution in [0.4, 0.5) is 0 Å². The van der Waals surface area contributed by atoms with Crippen molar-refractivity contribution in [2.75, 3.05) is 7.05 Å². The molecule has 0 aliphatic heterocycles. The molecule has 0 aliphatic rings. The standard InChI is InChI=1S/C9H9Cl2N/c1-6(12-2)7-3-8(10)5-9(11)4-7/h3-5H,1-2H3. The predicted molar refractivity (Wildman–Crippen MR) is 54.6 cm³/mol. The third kappa shape index (κ3) is 2.23. The molecule has 1 aromatic carbocycles. The van der Waals surface area contributed by atoms with Crippen molar-refractivity contribution >= 4 is 28.9 Å². The Labute approximate surface area is 82.0 Å². The third-order valence-electron chi connectivity index (χ3n) is 1.62. The van der Waals surface area contributed by atoms with Crippen LogP contribution in [0.25, 0.3) is 0 Å². The zero-order valence-electron chi connectivity index (χ0n) is 6.94. The maximum absolute atomic E-state index is 5.81.